The van der Waals surface area contributed by atoms with Crippen LogP contribution in [0.15, 0.2) is 48.5 Å². The fraction of sp³-hybridized carbons (Fsp3) is 0.364. The number of halogens is 1. The predicted octanol–water partition coefficient (Wildman–Crippen LogP) is 3.35. The zero-order valence-electron chi connectivity index (χ0n) is 16.0. The van der Waals surface area contributed by atoms with Gasteiger partial charge in [-0.3, -0.25) is 9.59 Å². The Morgan fingerprint density at radius 2 is 1.71 bits per heavy atom. The van der Waals surface area contributed by atoms with Crippen molar-refractivity contribution in [2.45, 2.75) is 13.3 Å². The fourth-order valence-corrected chi connectivity index (χ4v) is 4.15. The molecule has 0 aromatic heterocycles. The summed E-state index contributed by atoms with van der Waals surface area (Å²) in [6.45, 7) is 5.37. The summed E-state index contributed by atoms with van der Waals surface area (Å²) in [5, 5.41) is 0.719. The Morgan fingerprint density at radius 1 is 1.00 bits per heavy atom. The van der Waals surface area contributed by atoms with E-state index in [-0.39, 0.29) is 17.7 Å². The number of benzene rings is 2. The standard InChI is InChI=1S/C22H24ClN3O2/c1-16-5-7-19(8-6-16)26-15-17(13-21(26)27)22(28)25-11-9-24(10-12-25)20-4-2-3-18(23)14-20/h2-8,14,17H,9-13,15H2,1H3/t17-/m1/s1. The maximum absolute atomic E-state index is 13.0. The van der Waals surface area contributed by atoms with Crippen LogP contribution in [0.2, 0.25) is 5.02 Å². The number of anilines is 2. The Hall–Kier alpha value is -2.53. The Balaban J connectivity index is 1.36. The number of nitrogens with zero attached hydrogens (tertiary/aromatic N) is 3. The van der Waals surface area contributed by atoms with E-state index < -0.39 is 0 Å². The van der Waals surface area contributed by atoms with Crippen molar-refractivity contribution in [1.29, 1.82) is 0 Å². The molecular weight excluding hydrogens is 374 g/mol. The van der Waals surface area contributed by atoms with Crippen molar-refractivity contribution in [2.24, 2.45) is 5.92 Å². The summed E-state index contributed by atoms with van der Waals surface area (Å²) in [5.74, 6) is -0.139. The topological polar surface area (TPSA) is 43.9 Å². The van der Waals surface area contributed by atoms with Crippen LogP contribution in [-0.4, -0.2) is 49.4 Å². The van der Waals surface area contributed by atoms with Gasteiger partial charge in [-0.15, -0.1) is 0 Å². The Bertz CT molecular complexity index is 876. The van der Waals surface area contributed by atoms with E-state index in [2.05, 4.69) is 4.90 Å². The summed E-state index contributed by atoms with van der Waals surface area (Å²) in [5.41, 5.74) is 3.11. The smallest absolute Gasteiger partial charge is 0.228 e. The quantitative estimate of drug-likeness (QED) is 0.797. The first-order valence-corrected chi connectivity index (χ1v) is 10.1. The van der Waals surface area contributed by atoms with Gasteiger partial charge in [0.1, 0.15) is 0 Å². The van der Waals surface area contributed by atoms with Gasteiger partial charge < -0.3 is 14.7 Å². The van der Waals surface area contributed by atoms with Crippen LogP contribution >= 0.6 is 11.6 Å². The minimum absolute atomic E-state index is 0.0276. The number of amides is 2. The predicted molar refractivity (Wildman–Crippen MR) is 112 cm³/mol. The van der Waals surface area contributed by atoms with Gasteiger partial charge in [-0.1, -0.05) is 35.4 Å². The fourth-order valence-electron chi connectivity index (χ4n) is 3.96. The molecule has 2 saturated heterocycles. The van der Waals surface area contributed by atoms with Gasteiger partial charge in [-0.2, -0.15) is 0 Å². The normalized spacial score (nSPS) is 20.0. The minimum atomic E-state index is -0.258. The van der Waals surface area contributed by atoms with Gasteiger partial charge in [-0.05, 0) is 37.3 Å². The highest BCUT2D eigenvalue weighted by Crippen LogP contribution is 2.27. The van der Waals surface area contributed by atoms with E-state index in [0.29, 0.717) is 26.1 Å². The molecule has 2 aliphatic heterocycles. The average Bonchev–Trinajstić information content (AvgIpc) is 3.10. The molecule has 0 N–H and O–H groups in total. The first kappa shape index (κ1) is 18.8. The molecule has 4 rings (SSSR count). The second-order valence-corrected chi connectivity index (χ2v) is 7.97. The van der Waals surface area contributed by atoms with Crippen LogP contribution in [0.4, 0.5) is 11.4 Å². The van der Waals surface area contributed by atoms with Crippen LogP contribution < -0.4 is 9.80 Å². The van der Waals surface area contributed by atoms with Crippen molar-refractivity contribution in [3.63, 3.8) is 0 Å². The molecule has 2 aromatic rings. The van der Waals surface area contributed by atoms with Gasteiger partial charge in [0.05, 0.1) is 5.92 Å². The molecule has 0 saturated carbocycles. The van der Waals surface area contributed by atoms with Gasteiger partial charge in [0.25, 0.3) is 0 Å². The van der Waals surface area contributed by atoms with E-state index in [1.54, 1.807) is 4.90 Å². The molecule has 28 heavy (non-hydrogen) atoms. The van der Waals surface area contributed by atoms with Gasteiger partial charge in [0.15, 0.2) is 0 Å². The van der Waals surface area contributed by atoms with Crippen molar-refractivity contribution < 1.29 is 9.59 Å². The summed E-state index contributed by atoms with van der Waals surface area (Å²) in [6, 6.07) is 15.7. The number of carbonyl (C=O) groups is 2. The number of aryl methyl sites for hydroxylation is 1. The largest absolute Gasteiger partial charge is 0.368 e. The Kier molecular flexibility index (Phi) is 5.27. The summed E-state index contributed by atoms with van der Waals surface area (Å²) in [6.07, 6.45) is 0.293. The minimum Gasteiger partial charge on any atom is -0.368 e. The van der Waals surface area contributed by atoms with E-state index in [4.69, 9.17) is 11.6 Å². The lowest BCUT2D eigenvalue weighted by atomic mass is 10.1. The molecule has 0 radical (unpaired) electrons. The zero-order chi connectivity index (χ0) is 19.7. The number of piperazine rings is 1. The Morgan fingerprint density at radius 3 is 2.39 bits per heavy atom. The number of carbonyl (C=O) groups excluding carboxylic acids is 2. The third-order valence-electron chi connectivity index (χ3n) is 5.58. The SMILES string of the molecule is Cc1ccc(N2C[C@H](C(=O)N3CCN(c4cccc(Cl)c4)CC3)CC2=O)cc1. The van der Waals surface area contributed by atoms with Crippen molar-refractivity contribution in [2.75, 3.05) is 42.5 Å². The van der Waals surface area contributed by atoms with Gasteiger partial charge in [0.2, 0.25) is 11.8 Å². The van der Waals surface area contributed by atoms with E-state index in [0.717, 1.165) is 35.1 Å². The number of hydrogen-bond acceptors (Lipinski definition) is 3. The molecular formula is C22H24ClN3O2. The van der Waals surface area contributed by atoms with Crippen LogP contribution in [0.5, 0.6) is 0 Å². The van der Waals surface area contributed by atoms with Crippen molar-refractivity contribution >= 4 is 34.8 Å². The van der Waals surface area contributed by atoms with Crippen molar-refractivity contribution in [3.8, 4) is 0 Å². The van der Waals surface area contributed by atoms with E-state index >= 15 is 0 Å². The van der Waals surface area contributed by atoms with E-state index in [1.165, 1.54) is 0 Å². The maximum Gasteiger partial charge on any atom is 0.228 e. The van der Waals surface area contributed by atoms with Crippen molar-refractivity contribution in [1.82, 2.24) is 4.90 Å². The molecule has 1 atom stereocenters. The second-order valence-electron chi connectivity index (χ2n) is 7.53. The average molecular weight is 398 g/mol. The summed E-state index contributed by atoms with van der Waals surface area (Å²) in [4.78, 5) is 31.3. The lowest BCUT2D eigenvalue weighted by Crippen LogP contribution is -2.50. The molecule has 2 amide bonds. The highest BCUT2D eigenvalue weighted by atomic mass is 35.5. The molecule has 0 spiro atoms. The molecule has 2 aliphatic rings. The maximum atomic E-state index is 13.0. The molecule has 0 unspecified atom stereocenters. The van der Waals surface area contributed by atoms with Crippen LogP contribution in [0.3, 0.4) is 0 Å². The van der Waals surface area contributed by atoms with E-state index in [9.17, 15) is 9.59 Å². The van der Waals surface area contributed by atoms with E-state index in [1.807, 2.05) is 60.4 Å². The summed E-state index contributed by atoms with van der Waals surface area (Å²) < 4.78 is 0. The summed E-state index contributed by atoms with van der Waals surface area (Å²) in [7, 11) is 0. The highest BCUT2D eigenvalue weighted by Gasteiger charge is 2.37. The molecule has 146 valence electrons. The third-order valence-corrected chi connectivity index (χ3v) is 5.82. The second kappa shape index (κ2) is 7.84. The molecule has 2 fully saturated rings. The van der Waals surface area contributed by atoms with Crippen LogP contribution in [0.25, 0.3) is 0 Å². The van der Waals surface area contributed by atoms with Crippen molar-refractivity contribution in [3.05, 3.63) is 59.1 Å². The van der Waals surface area contributed by atoms with Crippen LogP contribution in [0, 0.1) is 12.8 Å². The Labute approximate surface area is 170 Å². The van der Waals surface area contributed by atoms with Crippen LogP contribution in [-0.2, 0) is 9.59 Å². The number of hydrogen-bond donors (Lipinski definition) is 0. The first-order chi connectivity index (χ1) is 13.5. The summed E-state index contributed by atoms with van der Waals surface area (Å²) >= 11 is 6.09. The molecule has 2 aromatic carbocycles. The lowest BCUT2D eigenvalue weighted by Gasteiger charge is -2.37. The van der Waals surface area contributed by atoms with Crippen LogP contribution in [0.1, 0.15) is 12.0 Å². The molecule has 0 bridgehead atoms. The monoisotopic (exact) mass is 397 g/mol. The lowest BCUT2D eigenvalue weighted by molar-refractivity contribution is -0.136. The first-order valence-electron chi connectivity index (χ1n) is 9.67. The van der Waals surface area contributed by atoms with Gasteiger partial charge >= 0.3 is 0 Å². The molecule has 5 nitrogen and oxygen atoms in total. The zero-order valence-corrected chi connectivity index (χ0v) is 16.7. The molecule has 0 aliphatic carbocycles. The van der Waals surface area contributed by atoms with Gasteiger partial charge in [0, 0.05) is 55.5 Å². The molecule has 6 heteroatoms. The number of rotatable bonds is 3. The highest BCUT2D eigenvalue weighted by molar-refractivity contribution is 6.30. The third kappa shape index (κ3) is 3.85. The van der Waals surface area contributed by atoms with Gasteiger partial charge in [-0.25, -0.2) is 0 Å². The molecule has 2 heterocycles.